The van der Waals surface area contributed by atoms with Crippen LogP contribution in [0.15, 0.2) is 34.8 Å². The van der Waals surface area contributed by atoms with Gasteiger partial charge in [-0.15, -0.1) is 0 Å². The monoisotopic (exact) mass is 378 g/mol. The molecule has 0 fully saturated rings. The van der Waals surface area contributed by atoms with E-state index in [1.165, 1.54) is 24.3 Å². The number of halogens is 4. The molecule has 0 aliphatic heterocycles. The Morgan fingerprint density at radius 1 is 1.20 bits per heavy atom. The number of hydrogen-bond acceptors (Lipinski definition) is 2. The van der Waals surface area contributed by atoms with Gasteiger partial charge in [-0.2, -0.15) is 0 Å². The number of carboxylic acids is 1. The second-order valence-electron chi connectivity index (χ2n) is 3.75. The van der Waals surface area contributed by atoms with Gasteiger partial charge in [-0.3, -0.25) is 0 Å². The quantitative estimate of drug-likeness (QED) is 0.727. The van der Waals surface area contributed by atoms with E-state index in [4.69, 9.17) is 33.0 Å². The average molecular weight is 380 g/mol. The lowest BCUT2D eigenvalue weighted by Gasteiger charge is -2.09. The number of carbonyl (C=O) groups is 1. The summed E-state index contributed by atoms with van der Waals surface area (Å²) < 4.78 is 19.3. The number of hydrogen-bond donors (Lipinski definition) is 1. The number of aromatic carboxylic acids is 1. The van der Waals surface area contributed by atoms with Gasteiger partial charge in [0.25, 0.3) is 0 Å². The summed E-state index contributed by atoms with van der Waals surface area (Å²) in [6.45, 7) is 0. The van der Waals surface area contributed by atoms with E-state index < -0.39 is 11.8 Å². The molecular formula is C13H6BrCl2FO3. The van der Waals surface area contributed by atoms with E-state index in [0.29, 0.717) is 4.47 Å². The molecule has 0 amide bonds. The van der Waals surface area contributed by atoms with Crippen LogP contribution in [-0.4, -0.2) is 11.1 Å². The molecule has 0 heterocycles. The first-order valence-corrected chi connectivity index (χ1v) is 6.78. The van der Waals surface area contributed by atoms with E-state index in [2.05, 4.69) is 15.9 Å². The molecule has 0 aliphatic carbocycles. The Morgan fingerprint density at radius 2 is 1.90 bits per heavy atom. The Morgan fingerprint density at radius 3 is 2.50 bits per heavy atom. The fourth-order valence-corrected chi connectivity index (χ4v) is 2.41. The molecule has 0 saturated carbocycles. The van der Waals surface area contributed by atoms with Crippen LogP contribution in [0, 0.1) is 5.82 Å². The van der Waals surface area contributed by atoms with Crippen molar-refractivity contribution >= 4 is 45.1 Å². The summed E-state index contributed by atoms with van der Waals surface area (Å²) in [5, 5.41) is 8.85. The normalized spacial score (nSPS) is 10.4. The topological polar surface area (TPSA) is 46.5 Å². The van der Waals surface area contributed by atoms with Crippen molar-refractivity contribution in [1.82, 2.24) is 0 Å². The van der Waals surface area contributed by atoms with E-state index in [9.17, 15) is 9.18 Å². The molecule has 2 rings (SSSR count). The minimum atomic E-state index is -1.14. The third-order valence-corrected chi connectivity index (χ3v) is 3.60. The third-order valence-electron chi connectivity index (χ3n) is 2.37. The molecule has 0 radical (unpaired) electrons. The van der Waals surface area contributed by atoms with Gasteiger partial charge >= 0.3 is 5.97 Å². The van der Waals surface area contributed by atoms with Gasteiger partial charge in [-0.1, -0.05) is 23.2 Å². The average Bonchev–Trinajstić information content (AvgIpc) is 2.35. The predicted octanol–water partition coefficient (Wildman–Crippen LogP) is 5.39. The van der Waals surface area contributed by atoms with Crippen LogP contribution in [-0.2, 0) is 0 Å². The SMILES string of the molecule is O=C(O)c1ccc(Oc2cc(F)c(Cl)cc2Br)cc1Cl. The van der Waals surface area contributed by atoms with Gasteiger partial charge in [-0.25, -0.2) is 9.18 Å². The van der Waals surface area contributed by atoms with Gasteiger partial charge in [0.1, 0.15) is 17.3 Å². The summed E-state index contributed by atoms with van der Waals surface area (Å²) in [5.41, 5.74) is -0.0413. The predicted molar refractivity (Wildman–Crippen MR) is 77.6 cm³/mol. The smallest absolute Gasteiger partial charge is 0.337 e. The van der Waals surface area contributed by atoms with Gasteiger partial charge in [0.2, 0.25) is 0 Å². The van der Waals surface area contributed by atoms with Crippen molar-refractivity contribution in [2.75, 3.05) is 0 Å². The van der Waals surface area contributed by atoms with Crippen LogP contribution in [0.5, 0.6) is 11.5 Å². The first-order chi connectivity index (χ1) is 9.38. The molecular weight excluding hydrogens is 374 g/mol. The summed E-state index contributed by atoms with van der Waals surface area (Å²) >= 11 is 14.6. The number of carboxylic acid groups (broad SMARTS) is 1. The fraction of sp³-hybridized carbons (Fsp3) is 0. The molecule has 0 atom stereocenters. The summed E-state index contributed by atoms with van der Waals surface area (Å²) in [6, 6.07) is 6.54. The van der Waals surface area contributed by atoms with E-state index in [0.717, 1.165) is 6.07 Å². The highest BCUT2D eigenvalue weighted by atomic mass is 79.9. The molecule has 2 aromatic rings. The maximum absolute atomic E-state index is 13.4. The minimum Gasteiger partial charge on any atom is -0.478 e. The van der Waals surface area contributed by atoms with Crippen molar-refractivity contribution in [3.05, 3.63) is 56.2 Å². The number of rotatable bonds is 3. The molecule has 104 valence electrons. The Labute approximate surface area is 132 Å². The van der Waals surface area contributed by atoms with Crippen LogP contribution in [0.25, 0.3) is 0 Å². The molecule has 0 saturated heterocycles. The van der Waals surface area contributed by atoms with Gasteiger partial charge < -0.3 is 9.84 Å². The summed E-state index contributed by atoms with van der Waals surface area (Å²) in [5.74, 6) is -1.29. The Kier molecular flexibility index (Phi) is 4.52. The highest BCUT2D eigenvalue weighted by Gasteiger charge is 2.12. The summed E-state index contributed by atoms with van der Waals surface area (Å²) in [4.78, 5) is 10.8. The van der Waals surface area contributed by atoms with E-state index in [1.54, 1.807) is 0 Å². The van der Waals surface area contributed by atoms with Gasteiger partial charge in [-0.05, 0) is 34.1 Å². The highest BCUT2D eigenvalue weighted by molar-refractivity contribution is 9.10. The Hall–Kier alpha value is -1.30. The molecule has 20 heavy (non-hydrogen) atoms. The zero-order chi connectivity index (χ0) is 14.9. The number of benzene rings is 2. The highest BCUT2D eigenvalue weighted by Crippen LogP contribution is 2.34. The molecule has 0 aliphatic rings. The molecule has 2 aromatic carbocycles. The van der Waals surface area contributed by atoms with Gasteiger partial charge in [0.05, 0.1) is 20.1 Å². The molecule has 0 unspecified atom stereocenters. The van der Waals surface area contributed by atoms with Crippen LogP contribution in [0.3, 0.4) is 0 Å². The minimum absolute atomic E-state index is 0.0283. The van der Waals surface area contributed by atoms with Crippen molar-refractivity contribution < 1.29 is 19.0 Å². The maximum atomic E-state index is 13.4. The van der Waals surface area contributed by atoms with Crippen molar-refractivity contribution in [2.45, 2.75) is 0 Å². The molecule has 1 N–H and O–H groups in total. The number of ether oxygens (including phenoxy) is 1. The van der Waals surface area contributed by atoms with Gasteiger partial charge in [0.15, 0.2) is 0 Å². The lowest BCUT2D eigenvalue weighted by molar-refractivity contribution is 0.0697. The first kappa shape index (κ1) is 15.1. The molecule has 0 bridgehead atoms. The van der Waals surface area contributed by atoms with Crippen LogP contribution in [0.2, 0.25) is 10.0 Å². The second-order valence-corrected chi connectivity index (χ2v) is 5.41. The molecule has 7 heteroatoms. The third kappa shape index (κ3) is 3.23. The van der Waals surface area contributed by atoms with Crippen LogP contribution in [0.1, 0.15) is 10.4 Å². The lowest BCUT2D eigenvalue weighted by Crippen LogP contribution is -1.97. The van der Waals surface area contributed by atoms with Crippen LogP contribution >= 0.6 is 39.1 Å². The molecule has 0 spiro atoms. The summed E-state index contributed by atoms with van der Waals surface area (Å²) in [7, 11) is 0. The molecule has 3 nitrogen and oxygen atoms in total. The first-order valence-electron chi connectivity index (χ1n) is 5.23. The van der Waals surface area contributed by atoms with Crippen molar-refractivity contribution in [2.24, 2.45) is 0 Å². The van der Waals surface area contributed by atoms with Crippen LogP contribution < -0.4 is 4.74 Å². The second kappa shape index (κ2) is 5.99. The van der Waals surface area contributed by atoms with E-state index >= 15 is 0 Å². The largest absolute Gasteiger partial charge is 0.478 e. The Bertz CT molecular complexity index is 692. The zero-order valence-electron chi connectivity index (χ0n) is 9.66. The van der Waals surface area contributed by atoms with Crippen molar-refractivity contribution in [1.29, 1.82) is 0 Å². The summed E-state index contributed by atoms with van der Waals surface area (Å²) in [6.07, 6.45) is 0. The van der Waals surface area contributed by atoms with E-state index in [1.807, 2.05) is 0 Å². The maximum Gasteiger partial charge on any atom is 0.337 e. The van der Waals surface area contributed by atoms with Crippen LogP contribution in [0.4, 0.5) is 4.39 Å². The van der Waals surface area contributed by atoms with Crippen molar-refractivity contribution in [3.8, 4) is 11.5 Å². The van der Waals surface area contributed by atoms with E-state index in [-0.39, 0.29) is 27.1 Å². The Balaban J connectivity index is 2.33. The molecule has 0 aromatic heterocycles. The lowest BCUT2D eigenvalue weighted by atomic mass is 10.2. The van der Waals surface area contributed by atoms with Gasteiger partial charge in [0, 0.05) is 12.1 Å². The van der Waals surface area contributed by atoms with Crippen molar-refractivity contribution in [3.63, 3.8) is 0 Å². The fourth-order valence-electron chi connectivity index (χ4n) is 1.44. The standard InChI is InChI=1S/C13H6BrCl2FO3/c14-8-4-10(16)11(17)5-12(8)20-6-1-2-7(13(18)19)9(15)3-6/h1-5H,(H,18,19). The zero-order valence-corrected chi connectivity index (χ0v) is 12.8.